The summed E-state index contributed by atoms with van der Waals surface area (Å²) in [5, 5.41) is 8.56. The number of aliphatic carboxylic acids is 1. The molecule has 0 fully saturated rings. The average Bonchev–Trinajstić information content (AvgIpc) is 2.75. The quantitative estimate of drug-likeness (QED) is 0.932. The third kappa shape index (κ3) is 3.12. The first kappa shape index (κ1) is 13.1. The molecule has 1 aromatic heterocycles. The first-order valence-electron chi connectivity index (χ1n) is 5.20. The Kier molecular flexibility index (Phi) is 3.28. The molecule has 0 radical (unpaired) electrons. The third-order valence-corrected chi connectivity index (χ3v) is 2.34. The number of hydrogen-bond acceptors (Lipinski definition) is 3. The van der Waals surface area contributed by atoms with Crippen LogP contribution < -0.4 is 0 Å². The molecular weight excluding hydrogens is 263 g/mol. The van der Waals surface area contributed by atoms with Gasteiger partial charge in [0.1, 0.15) is 12.2 Å². The molecule has 1 N–H and O–H groups in total. The van der Waals surface area contributed by atoms with E-state index in [1.807, 2.05) is 0 Å². The van der Waals surface area contributed by atoms with Crippen molar-refractivity contribution in [3.8, 4) is 11.5 Å². The van der Waals surface area contributed by atoms with E-state index in [0.29, 0.717) is 5.56 Å². The number of carbonyl (C=O) groups is 1. The Bertz CT molecular complexity index is 587. The van der Waals surface area contributed by atoms with E-state index in [1.54, 1.807) is 0 Å². The number of benzene rings is 1. The normalized spacial score (nSPS) is 11.5. The van der Waals surface area contributed by atoms with Crippen LogP contribution in [0.25, 0.3) is 11.5 Å². The minimum atomic E-state index is -4.40. The van der Waals surface area contributed by atoms with E-state index >= 15 is 0 Å². The van der Waals surface area contributed by atoms with Crippen LogP contribution in [0.5, 0.6) is 0 Å². The second kappa shape index (κ2) is 4.75. The van der Waals surface area contributed by atoms with E-state index in [4.69, 9.17) is 9.52 Å². The summed E-state index contributed by atoms with van der Waals surface area (Å²) in [5.74, 6) is -0.845. The number of halogens is 3. The number of carboxylic acid groups (broad SMARTS) is 1. The molecule has 0 bridgehead atoms. The van der Waals surface area contributed by atoms with Gasteiger partial charge in [-0.3, -0.25) is 4.79 Å². The van der Waals surface area contributed by atoms with E-state index in [2.05, 4.69) is 4.98 Å². The molecule has 2 rings (SSSR count). The van der Waals surface area contributed by atoms with Crippen LogP contribution in [-0.2, 0) is 17.4 Å². The van der Waals surface area contributed by atoms with Crippen molar-refractivity contribution in [2.75, 3.05) is 0 Å². The molecule has 0 unspecified atom stereocenters. The van der Waals surface area contributed by atoms with Crippen LogP contribution in [0, 0.1) is 0 Å². The van der Waals surface area contributed by atoms with Crippen molar-refractivity contribution < 1.29 is 27.5 Å². The molecule has 0 saturated carbocycles. The second-order valence-corrected chi connectivity index (χ2v) is 3.78. The highest BCUT2D eigenvalue weighted by molar-refractivity contribution is 5.69. The lowest BCUT2D eigenvalue weighted by molar-refractivity contribution is -0.138. The Morgan fingerprint density at radius 3 is 2.42 bits per heavy atom. The van der Waals surface area contributed by atoms with Crippen molar-refractivity contribution in [2.45, 2.75) is 12.6 Å². The number of carboxylic acids is 1. The average molecular weight is 271 g/mol. The van der Waals surface area contributed by atoms with Crippen molar-refractivity contribution in [3.63, 3.8) is 0 Å². The fourth-order valence-electron chi connectivity index (χ4n) is 1.47. The molecule has 100 valence electrons. The van der Waals surface area contributed by atoms with Gasteiger partial charge in [0.15, 0.2) is 0 Å². The molecule has 1 aromatic carbocycles. The molecule has 0 atom stereocenters. The van der Waals surface area contributed by atoms with Gasteiger partial charge in [-0.1, -0.05) is 0 Å². The van der Waals surface area contributed by atoms with Crippen LogP contribution in [0.3, 0.4) is 0 Å². The largest absolute Gasteiger partial charge is 0.481 e. The Morgan fingerprint density at radius 1 is 1.26 bits per heavy atom. The van der Waals surface area contributed by atoms with Gasteiger partial charge in [0, 0.05) is 5.56 Å². The van der Waals surface area contributed by atoms with Crippen LogP contribution in [0.2, 0.25) is 0 Å². The molecule has 0 spiro atoms. The van der Waals surface area contributed by atoms with Crippen LogP contribution >= 0.6 is 0 Å². The van der Waals surface area contributed by atoms with Gasteiger partial charge in [-0.25, -0.2) is 4.98 Å². The van der Waals surface area contributed by atoms with Gasteiger partial charge >= 0.3 is 12.1 Å². The van der Waals surface area contributed by atoms with Crippen molar-refractivity contribution in [1.82, 2.24) is 4.98 Å². The molecule has 0 aliphatic heterocycles. The smallest absolute Gasteiger partial charge is 0.416 e. The fourth-order valence-corrected chi connectivity index (χ4v) is 1.47. The Morgan fingerprint density at radius 2 is 1.89 bits per heavy atom. The molecule has 1 heterocycles. The van der Waals surface area contributed by atoms with Gasteiger partial charge in [0.05, 0.1) is 11.8 Å². The highest BCUT2D eigenvalue weighted by atomic mass is 19.4. The SMILES string of the molecule is O=C(O)Cc1cnc(-c2ccc(C(F)(F)F)cc2)o1. The minimum absolute atomic E-state index is 0.0879. The maximum atomic E-state index is 12.4. The van der Waals surface area contributed by atoms with Gasteiger partial charge in [-0.05, 0) is 24.3 Å². The molecule has 0 saturated heterocycles. The number of alkyl halides is 3. The van der Waals surface area contributed by atoms with Gasteiger partial charge in [-0.2, -0.15) is 13.2 Å². The number of oxazole rings is 1. The number of aromatic nitrogens is 1. The molecule has 0 aliphatic rings. The Hall–Kier alpha value is -2.31. The first-order chi connectivity index (χ1) is 8.86. The lowest BCUT2D eigenvalue weighted by Crippen LogP contribution is -2.03. The summed E-state index contributed by atoms with van der Waals surface area (Å²) in [6, 6.07) is 4.27. The van der Waals surface area contributed by atoms with Gasteiger partial charge in [0.25, 0.3) is 0 Å². The predicted octanol–water partition coefficient (Wildman–Crippen LogP) is 2.99. The topological polar surface area (TPSA) is 63.3 Å². The maximum absolute atomic E-state index is 12.4. The van der Waals surface area contributed by atoms with E-state index < -0.39 is 17.7 Å². The highest BCUT2D eigenvalue weighted by Crippen LogP contribution is 2.30. The van der Waals surface area contributed by atoms with Gasteiger partial charge in [-0.15, -0.1) is 0 Å². The zero-order chi connectivity index (χ0) is 14.0. The monoisotopic (exact) mass is 271 g/mol. The molecule has 4 nitrogen and oxygen atoms in total. The molecular formula is C12H8F3NO3. The molecule has 19 heavy (non-hydrogen) atoms. The second-order valence-electron chi connectivity index (χ2n) is 3.78. The van der Waals surface area contributed by atoms with Crippen molar-refractivity contribution in [2.24, 2.45) is 0 Å². The Balaban J connectivity index is 2.23. The summed E-state index contributed by atoms with van der Waals surface area (Å²) < 4.78 is 42.2. The van der Waals surface area contributed by atoms with E-state index in [1.165, 1.54) is 18.3 Å². The molecule has 0 aliphatic carbocycles. The summed E-state index contributed by atoms with van der Waals surface area (Å²) >= 11 is 0. The van der Waals surface area contributed by atoms with E-state index in [9.17, 15) is 18.0 Å². The van der Waals surface area contributed by atoms with Crippen LogP contribution in [0.1, 0.15) is 11.3 Å². The van der Waals surface area contributed by atoms with Crippen LogP contribution in [0.4, 0.5) is 13.2 Å². The standard InChI is InChI=1S/C12H8F3NO3/c13-12(14,15)8-3-1-7(2-4-8)11-16-6-9(19-11)5-10(17)18/h1-4,6H,5H2,(H,17,18). The summed E-state index contributed by atoms with van der Waals surface area (Å²) in [4.78, 5) is 14.3. The highest BCUT2D eigenvalue weighted by Gasteiger charge is 2.30. The number of nitrogens with zero attached hydrogens (tertiary/aromatic N) is 1. The summed E-state index contributed by atoms with van der Waals surface area (Å²) in [6.07, 6.45) is -3.49. The van der Waals surface area contributed by atoms with E-state index in [-0.39, 0.29) is 18.1 Å². The minimum Gasteiger partial charge on any atom is -0.481 e. The van der Waals surface area contributed by atoms with Crippen molar-refractivity contribution >= 4 is 5.97 Å². The summed E-state index contributed by atoms with van der Waals surface area (Å²) in [6.45, 7) is 0. The van der Waals surface area contributed by atoms with Crippen molar-refractivity contribution in [1.29, 1.82) is 0 Å². The predicted molar refractivity (Wildman–Crippen MR) is 58.3 cm³/mol. The van der Waals surface area contributed by atoms with Gasteiger partial charge in [0.2, 0.25) is 5.89 Å². The summed E-state index contributed by atoms with van der Waals surface area (Å²) in [7, 11) is 0. The van der Waals surface area contributed by atoms with Crippen molar-refractivity contribution in [3.05, 3.63) is 41.8 Å². The summed E-state index contributed by atoms with van der Waals surface area (Å²) in [5.41, 5.74) is -0.418. The van der Waals surface area contributed by atoms with Gasteiger partial charge < -0.3 is 9.52 Å². The lowest BCUT2D eigenvalue weighted by Gasteiger charge is -2.06. The fraction of sp³-hybridized carbons (Fsp3) is 0.167. The number of rotatable bonds is 3. The van der Waals surface area contributed by atoms with E-state index in [0.717, 1.165) is 12.1 Å². The number of hydrogen-bond donors (Lipinski definition) is 1. The lowest BCUT2D eigenvalue weighted by atomic mass is 10.1. The first-order valence-corrected chi connectivity index (χ1v) is 5.20. The molecule has 2 aromatic rings. The molecule has 7 heteroatoms. The van der Waals surface area contributed by atoms with Crippen LogP contribution in [0.15, 0.2) is 34.9 Å². The third-order valence-electron chi connectivity index (χ3n) is 2.34. The zero-order valence-corrected chi connectivity index (χ0v) is 9.44. The van der Waals surface area contributed by atoms with Crippen LogP contribution in [-0.4, -0.2) is 16.1 Å². The zero-order valence-electron chi connectivity index (χ0n) is 9.44. The maximum Gasteiger partial charge on any atom is 0.416 e. The Labute approximate surface area is 105 Å². The molecule has 0 amide bonds.